The van der Waals surface area contributed by atoms with Gasteiger partial charge in [0.2, 0.25) is 0 Å². The summed E-state index contributed by atoms with van der Waals surface area (Å²) in [6, 6.07) is 4.72. The standard InChI is InChI=1S/C24H29NO7/c1-6-31-17-11-14(8-9-16(17)26)20-19(24(29)32-7-2)13(4)25-15-10-12(3)18(23(28)30-5)22(27)21(15)20/h8-9,11-12,18,20,25-26H,6-7,10H2,1-5H3/t12-,18-,20-/m0/s1. The highest BCUT2D eigenvalue weighted by Gasteiger charge is 2.47. The number of ether oxygens (including phenoxy) is 3. The summed E-state index contributed by atoms with van der Waals surface area (Å²) < 4.78 is 15.7. The van der Waals surface area contributed by atoms with Gasteiger partial charge in [-0.15, -0.1) is 0 Å². The van der Waals surface area contributed by atoms with E-state index in [-0.39, 0.29) is 35.4 Å². The van der Waals surface area contributed by atoms with E-state index in [0.29, 0.717) is 35.6 Å². The van der Waals surface area contributed by atoms with Crippen LogP contribution in [-0.2, 0) is 23.9 Å². The second-order valence-electron chi connectivity index (χ2n) is 7.92. The third-order valence-electron chi connectivity index (χ3n) is 5.86. The first-order valence-corrected chi connectivity index (χ1v) is 10.7. The Balaban J connectivity index is 2.22. The van der Waals surface area contributed by atoms with Crippen molar-refractivity contribution in [2.45, 2.75) is 40.0 Å². The SMILES string of the molecule is CCOC(=O)C1=C(C)NC2=C(C(=O)[C@@H](C(=O)OC)[C@@H](C)C2)[C@H]1c1ccc(O)c(OCC)c1. The zero-order valence-corrected chi connectivity index (χ0v) is 19.0. The number of dihydropyridines is 1. The maximum Gasteiger partial charge on any atom is 0.336 e. The summed E-state index contributed by atoms with van der Waals surface area (Å²) in [4.78, 5) is 39.0. The zero-order chi connectivity index (χ0) is 23.6. The molecule has 2 N–H and O–H groups in total. The Kier molecular flexibility index (Phi) is 6.91. The first-order chi connectivity index (χ1) is 15.2. The highest BCUT2D eigenvalue weighted by Crippen LogP contribution is 2.46. The van der Waals surface area contributed by atoms with Gasteiger partial charge in [0.05, 0.1) is 25.9 Å². The van der Waals surface area contributed by atoms with Crippen LogP contribution in [0.1, 0.15) is 45.6 Å². The van der Waals surface area contributed by atoms with Gasteiger partial charge in [0.25, 0.3) is 0 Å². The number of hydrogen-bond donors (Lipinski definition) is 2. The zero-order valence-electron chi connectivity index (χ0n) is 19.0. The fourth-order valence-electron chi connectivity index (χ4n) is 4.47. The third-order valence-corrected chi connectivity index (χ3v) is 5.86. The van der Waals surface area contributed by atoms with E-state index in [2.05, 4.69) is 5.32 Å². The number of esters is 2. The molecule has 0 radical (unpaired) electrons. The number of rotatable bonds is 6. The number of phenolic OH excluding ortho intramolecular Hbond substituents is 1. The molecule has 8 heteroatoms. The number of allylic oxidation sites excluding steroid dienone is 3. The lowest BCUT2D eigenvalue weighted by atomic mass is 9.69. The first-order valence-electron chi connectivity index (χ1n) is 10.7. The number of aromatic hydroxyl groups is 1. The average Bonchev–Trinajstić information content (AvgIpc) is 2.74. The second-order valence-corrected chi connectivity index (χ2v) is 7.92. The number of phenols is 1. The molecule has 0 fully saturated rings. The predicted molar refractivity (Wildman–Crippen MR) is 116 cm³/mol. The van der Waals surface area contributed by atoms with Crippen LogP contribution in [0.5, 0.6) is 11.5 Å². The topological polar surface area (TPSA) is 111 Å². The molecule has 3 atom stereocenters. The van der Waals surface area contributed by atoms with Crippen molar-refractivity contribution >= 4 is 17.7 Å². The molecule has 2 aliphatic rings. The van der Waals surface area contributed by atoms with Crippen LogP contribution in [0.4, 0.5) is 0 Å². The molecule has 172 valence electrons. The molecular weight excluding hydrogens is 414 g/mol. The quantitative estimate of drug-likeness (QED) is 0.510. The number of benzene rings is 1. The molecule has 32 heavy (non-hydrogen) atoms. The lowest BCUT2D eigenvalue weighted by Gasteiger charge is -2.38. The van der Waals surface area contributed by atoms with Crippen molar-refractivity contribution in [3.8, 4) is 11.5 Å². The molecule has 1 aliphatic heterocycles. The molecule has 0 saturated heterocycles. The molecule has 1 aliphatic carbocycles. The van der Waals surface area contributed by atoms with Crippen LogP contribution in [0.3, 0.4) is 0 Å². The van der Waals surface area contributed by atoms with Gasteiger partial charge in [-0.05, 0) is 50.8 Å². The van der Waals surface area contributed by atoms with Crippen molar-refractivity contribution in [1.29, 1.82) is 0 Å². The van der Waals surface area contributed by atoms with Crippen LogP contribution in [-0.4, -0.2) is 43.2 Å². The molecule has 1 aromatic carbocycles. The molecular formula is C24H29NO7. The van der Waals surface area contributed by atoms with Gasteiger partial charge < -0.3 is 24.6 Å². The van der Waals surface area contributed by atoms with Gasteiger partial charge >= 0.3 is 11.9 Å². The highest BCUT2D eigenvalue weighted by atomic mass is 16.5. The van der Waals surface area contributed by atoms with Crippen molar-refractivity contribution in [1.82, 2.24) is 5.32 Å². The fourth-order valence-corrected chi connectivity index (χ4v) is 4.47. The van der Waals surface area contributed by atoms with E-state index in [0.717, 1.165) is 0 Å². The Bertz CT molecular complexity index is 1010. The Hall–Kier alpha value is -3.29. The van der Waals surface area contributed by atoms with Crippen molar-refractivity contribution in [3.63, 3.8) is 0 Å². The summed E-state index contributed by atoms with van der Waals surface area (Å²) in [7, 11) is 1.26. The van der Waals surface area contributed by atoms with E-state index in [9.17, 15) is 19.5 Å². The van der Waals surface area contributed by atoms with E-state index >= 15 is 0 Å². The van der Waals surface area contributed by atoms with Crippen LogP contribution < -0.4 is 10.1 Å². The molecule has 3 rings (SSSR count). The van der Waals surface area contributed by atoms with Gasteiger partial charge in [0.15, 0.2) is 17.3 Å². The summed E-state index contributed by atoms with van der Waals surface area (Å²) in [5, 5.41) is 13.4. The lowest BCUT2D eigenvalue weighted by molar-refractivity contribution is -0.151. The number of carbonyl (C=O) groups is 3. The summed E-state index contributed by atoms with van der Waals surface area (Å²) in [6.45, 7) is 7.58. The van der Waals surface area contributed by atoms with Crippen LogP contribution in [0, 0.1) is 11.8 Å². The maximum absolute atomic E-state index is 13.6. The molecule has 0 unspecified atom stereocenters. The first kappa shape index (κ1) is 23.4. The van der Waals surface area contributed by atoms with E-state index < -0.39 is 23.8 Å². The Morgan fingerprint density at radius 1 is 1.22 bits per heavy atom. The number of Topliss-reactive ketones (excluding diaryl/α,β-unsaturated/α-hetero) is 1. The van der Waals surface area contributed by atoms with Gasteiger partial charge in [-0.25, -0.2) is 4.79 Å². The smallest absolute Gasteiger partial charge is 0.336 e. The number of hydrogen-bond acceptors (Lipinski definition) is 8. The fraction of sp³-hybridized carbons (Fsp3) is 0.458. The monoisotopic (exact) mass is 443 g/mol. The summed E-state index contributed by atoms with van der Waals surface area (Å²) in [6.07, 6.45) is 0.446. The van der Waals surface area contributed by atoms with Crippen molar-refractivity contribution in [2.24, 2.45) is 11.8 Å². The number of carbonyl (C=O) groups excluding carboxylic acids is 3. The minimum absolute atomic E-state index is 0.0480. The van der Waals surface area contributed by atoms with Crippen LogP contribution in [0.2, 0.25) is 0 Å². The predicted octanol–water partition coefficient (Wildman–Crippen LogP) is 2.97. The van der Waals surface area contributed by atoms with Crippen LogP contribution >= 0.6 is 0 Å². The normalized spacial score (nSPS) is 22.8. The molecule has 0 spiro atoms. The summed E-state index contributed by atoms with van der Waals surface area (Å²) in [5.74, 6) is -3.36. The minimum atomic E-state index is -0.964. The van der Waals surface area contributed by atoms with Crippen LogP contribution in [0.15, 0.2) is 40.7 Å². The van der Waals surface area contributed by atoms with E-state index in [1.807, 2.05) is 6.92 Å². The third kappa shape index (κ3) is 4.09. The van der Waals surface area contributed by atoms with Gasteiger partial charge in [0, 0.05) is 22.9 Å². The summed E-state index contributed by atoms with van der Waals surface area (Å²) >= 11 is 0. The highest BCUT2D eigenvalue weighted by molar-refractivity contribution is 6.12. The number of ketones is 1. The Morgan fingerprint density at radius 2 is 1.94 bits per heavy atom. The molecule has 1 heterocycles. The molecule has 0 saturated carbocycles. The maximum atomic E-state index is 13.6. The minimum Gasteiger partial charge on any atom is -0.504 e. The van der Waals surface area contributed by atoms with E-state index in [4.69, 9.17) is 14.2 Å². The Labute approximate surface area is 187 Å². The lowest BCUT2D eigenvalue weighted by Crippen LogP contribution is -2.43. The molecule has 0 amide bonds. The molecule has 8 nitrogen and oxygen atoms in total. The number of methoxy groups -OCH3 is 1. The van der Waals surface area contributed by atoms with Gasteiger partial charge in [-0.3, -0.25) is 9.59 Å². The average molecular weight is 443 g/mol. The molecule has 0 bridgehead atoms. The summed E-state index contributed by atoms with van der Waals surface area (Å²) in [5.41, 5.74) is 2.44. The largest absolute Gasteiger partial charge is 0.504 e. The van der Waals surface area contributed by atoms with Crippen molar-refractivity contribution < 1.29 is 33.7 Å². The van der Waals surface area contributed by atoms with Crippen molar-refractivity contribution in [3.05, 3.63) is 46.3 Å². The van der Waals surface area contributed by atoms with E-state index in [1.165, 1.54) is 13.2 Å². The number of nitrogens with one attached hydrogen (secondary N) is 1. The van der Waals surface area contributed by atoms with Gasteiger partial charge in [-0.2, -0.15) is 0 Å². The van der Waals surface area contributed by atoms with Crippen LogP contribution in [0.25, 0.3) is 0 Å². The van der Waals surface area contributed by atoms with Crippen molar-refractivity contribution in [2.75, 3.05) is 20.3 Å². The van der Waals surface area contributed by atoms with E-state index in [1.54, 1.807) is 32.9 Å². The van der Waals surface area contributed by atoms with Gasteiger partial charge in [0.1, 0.15) is 5.92 Å². The Morgan fingerprint density at radius 3 is 2.56 bits per heavy atom. The molecule has 1 aromatic rings. The van der Waals surface area contributed by atoms with Gasteiger partial charge in [-0.1, -0.05) is 13.0 Å². The second kappa shape index (κ2) is 9.46. The molecule has 0 aromatic heterocycles.